The van der Waals surface area contributed by atoms with Gasteiger partial charge in [0.05, 0.1) is 0 Å². The fourth-order valence-corrected chi connectivity index (χ4v) is 1.22. The second-order valence-corrected chi connectivity index (χ2v) is 4.38. The van der Waals surface area contributed by atoms with Crippen LogP contribution >= 0.6 is 15.9 Å². The Bertz CT molecular complexity index is 374. The third-order valence-electron chi connectivity index (χ3n) is 1.85. The molecule has 0 saturated heterocycles. The number of nitrogens with one attached hydrogen (secondary N) is 1. The van der Waals surface area contributed by atoms with E-state index in [2.05, 4.69) is 39.7 Å². The van der Waals surface area contributed by atoms with Crippen LogP contribution in [0.3, 0.4) is 0 Å². The molecule has 1 rings (SSSR count). The van der Waals surface area contributed by atoms with Crippen molar-refractivity contribution >= 4 is 15.9 Å². The van der Waals surface area contributed by atoms with Crippen molar-refractivity contribution in [1.29, 1.82) is 0 Å². The molecule has 5 heteroatoms. The zero-order valence-corrected chi connectivity index (χ0v) is 9.76. The zero-order chi connectivity index (χ0) is 10.7. The van der Waals surface area contributed by atoms with E-state index >= 15 is 0 Å². The van der Waals surface area contributed by atoms with Crippen LogP contribution in [0.1, 0.15) is 26.1 Å². The molecule has 0 radical (unpaired) electrons. The molecule has 14 heavy (non-hydrogen) atoms. The maximum atomic E-state index is 11.2. The molecule has 0 bridgehead atoms. The number of halogens is 1. The summed E-state index contributed by atoms with van der Waals surface area (Å²) in [5, 5.41) is 9.27. The van der Waals surface area contributed by atoms with E-state index in [1.165, 1.54) is 0 Å². The lowest BCUT2D eigenvalue weighted by Gasteiger charge is -2.04. The van der Waals surface area contributed by atoms with Crippen LogP contribution in [0.5, 0.6) is 5.88 Å². The molecule has 0 aliphatic heterocycles. The summed E-state index contributed by atoms with van der Waals surface area (Å²) in [6.07, 6.45) is 1.61. The molecule has 0 aliphatic rings. The largest absolute Gasteiger partial charge is 0.492 e. The van der Waals surface area contributed by atoms with E-state index in [0.717, 1.165) is 6.42 Å². The predicted octanol–water partition coefficient (Wildman–Crippen LogP) is 1.83. The molecule has 0 saturated carbocycles. The molecule has 0 unspecified atom stereocenters. The Balaban J connectivity index is 2.85. The molecule has 1 aromatic heterocycles. The Morgan fingerprint density at radius 2 is 2.21 bits per heavy atom. The zero-order valence-electron chi connectivity index (χ0n) is 8.17. The number of rotatable bonds is 3. The highest BCUT2D eigenvalue weighted by Gasteiger charge is 2.07. The van der Waals surface area contributed by atoms with Gasteiger partial charge in [0.1, 0.15) is 10.3 Å². The summed E-state index contributed by atoms with van der Waals surface area (Å²) >= 11 is 2.94. The first-order chi connectivity index (χ1) is 6.50. The first-order valence-electron chi connectivity index (χ1n) is 4.48. The third-order valence-corrected chi connectivity index (χ3v) is 2.57. The minimum Gasteiger partial charge on any atom is -0.492 e. The number of hydrogen-bond donors (Lipinski definition) is 2. The van der Waals surface area contributed by atoms with Crippen molar-refractivity contribution in [2.24, 2.45) is 5.92 Å². The van der Waals surface area contributed by atoms with Crippen LogP contribution in [-0.4, -0.2) is 15.1 Å². The Hall–Kier alpha value is -0.840. The molecule has 4 nitrogen and oxygen atoms in total. The number of aromatic nitrogens is 2. The van der Waals surface area contributed by atoms with Gasteiger partial charge in [0.2, 0.25) is 5.88 Å². The fraction of sp³-hybridized carbons (Fsp3) is 0.556. The lowest BCUT2D eigenvalue weighted by atomic mass is 10.1. The van der Waals surface area contributed by atoms with Crippen LogP contribution in [-0.2, 0) is 6.42 Å². The number of aromatic hydroxyl groups is 1. The lowest BCUT2D eigenvalue weighted by molar-refractivity contribution is 0.441. The molecule has 0 spiro atoms. The molecule has 0 atom stereocenters. The minimum absolute atomic E-state index is 0.0887. The predicted molar refractivity (Wildman–Crippen MR) is 57.4 cm³/mol. The second kappa shape index (κ2) is 4.59. The highest BCUT2D eigenvalue weighted by molar-refractivity contribution is 9.10. The normalized spacial score (nSPS) is 10.9. The van der Waals surface area contributed by atoms with Crippen LogP contribution in [0.2, 0.25) is 0 Å². The average molecular weight is 261 g/mol. The van der Waals surface area contributed by atoms with Gasteiger partial charge in [0.25, 0.3) is 5.56 Å². The Morgan fingerprint density at radius 3 is 2.71 bits per heavy atom. The van der Waals surface area contributed by atoms with E-state index in [9.17, 15) is 9.90 Å². The van der Waals surface area contributed by atoms with Gasteiger partial charge in [-0.25, -0.2) is 0 Å². The first kappa shape index (κ1) is 11.2. The van der Waals surface area contributed by atoms with Crippen LogP contribution in [0.25, 0.3) is 0 Å². The van der Waals surface area contributed by atoms with Gasteiger partial charge in [-0.2, -0.15) is 4.98 Å². The van der Waals surface area contributed by atoms with Crippen molar-refractivity contribution in [3.8, 4) is 5.88 Å². The molecule has 0 fully saturated rings. The van der Waals surface area contributed by atoms with Crippen molar-refractivity contribution in [2.45, 2.75) is 26.7 Å². The first-order valence-corrected chi connectivity index (χ1v) is 5.27. The number of nitrogens with zero attached hydrogens (tertiary/aromatic N) is 1. The maximum Gasteiger partial charge on any atom is 0.269 e. The standard InChI is InChI=1S/C9H13BrN2O2/c1-5(2)3-4-6-11-8(13)7(10)9(14)12-6/h5H,3-4H2,1-2H3,(H2,11,12,13,14). The van der Waals surface area contributed by atoms with Gasteiger partial charge in [0, 0.05) is 6.42 Å². The SMILES string of the molecule is CC(C)CCc1nc(O)c(Br)c(=O)[nH]1. The Morgan fingerprint density at radius 1 is 1.57 bits per heavy atom. The summed E-state index contributed by atoms with van der Waals surface area (Å²) in [6.45, 7) is 4.19. The van der Waals surface area contributed by atoms with Crippen LogP contribution in [0.4, 0.5) is 0 Å². The summed E-state index contributed by atoms with van der Waals surface area (Å²) in [4.78, 5) is 17.7. The van der Waals surface area contributed by atoms with Gasteiger partial charge in [0.15, 0.2) is 0 Å². The molecule has 0 amide bonds. The summed E-state index contributed by atoms with van der Waals surface area (Å²) in [5.41, 5.74) is -0.337. The van der Waals surface area contributed by atoms with E-state index in [0.29, 0.717) is 18.2 Å². The minimum atomic E-state index is -0.337. The quantitative estimate of drug-likeness (QED) is 0.872. The number of hydrogen-bond acceptors (Lipinski definition) is 3. The van der Waals surface area contributed by atoms with E-state index in [-0.39, 0.29) is 15.9 Å². The highest BCUT2D eigenvalue weighted by Crippen LogP contribution is 2.15. The van der Waals surface area contributed by atoms with Crippen LogP contribution in [0.15, 0.2) is 9.27 Å². The third kappa shape index (κ3) is 2.83. The van der Waals surface area contributed by atoms with Crippen molar-refractivity contribution < 1.29 is 5.11 Å². The van der Waals surface area contributed by atoms with Gasteiger partial charge >= 0.3 is 0 Å². The lowest BCUT2D eigenvalue weighted by Crippen LogP contribution is -2.12. The van der Waals surface area contributed by atoms with Gasteiger partial charge < -0.3 is 10.1 Å². The number of aromatic amines is 1. The van der Waals surface area contributed by atoms with E-state index < -0.39 is 0 Å². The monoisotopic (exact) mass is 260 g/mol. The van der Waals surface area contributed by atoms with Crippen molar-refractivity contribution in [3.05, 3.63) is 20.7 Å². The topological polar surface area (TPSA) is 66.0 Å². The van der Waals surface area contributed by atoms with Gasteiger partial charge in [-0.3, -0.25) is 4.79 Å². The molecule has 1 heterocycles. The molecule has 1 aromatic rings. The second-order valence-electron chi connectivity index (χ2n) is 3.58. The van der Waals surface area contributed by atoms with Gasteiger partial charge in [-0.05, 0) is 28.3 Å². The van der Waals surface area contributed by atoms with Gasteiger partial charge in [-0.15, -0.1) is 0 Å². The molecule has 2 N–H and O–H groups in total. The molecule has 0 aromatic carbocycles. The summed E-state index contributed by atoms with van der Waals surface area (Å²) < 4.78 is 0.0887. The summed E-state index contributed by atoms with van der Waals surface area (Å²) in [7, 11) is 0. The van der Waals surface area contributed by atoms with Crippen molar-refractivity contribution in [1.82, 2.24) is 9.97 Å². The smallest absolute Gasteiger partial charge is 0.269 e. The molecular weight excluding hydrogens is 248 g/mol. The molecular formula is C9H13BrN2O2. The average Bonchev–Trinajstić information content (AvgIpc) is 2.10. The van der Waals surface area contributed by atoms with Crippen LogP contribution in [0, 0.1) is 5.92 Å². The summed E-state index contributed by atoms with van der Waals surface area (Å²) in [5.74, 6) is 0.836. The summed E-state index contributed by atoms with van der Waals surface area (Å²) in [6, 6.07) is 0. The molecule has 78 valence electrons. The maximum absolute atomic E-state index is 11.2. The van der Waals surface area contributed by atoms with E-state index in [1.54, 1.807) is 0 Å². The Labute approximate surface area is 90.5 Å². The highest BCUT2D eigenvalue weighted by atomic mass is 79.9. The number of H-pyrrole nitrogens is 1. The van der Waals surface area contributed by atoms with Crippen molar-refractivity contribution in [3.63, 3.8) is 0 Å². The van der Waals surface area contributed by atoms with Gasteiger partial charge in [-0.1, -0.05) is 13.8 Å². The van der Waals surface area contributed by atoms with Crippen molar-refractivity contribution in [2.75, 3.05) is 0 Å². The fourth-order valence-electron chi connectivity index (χ4n) is 1.04. The Kier molecular flexibility index (Phi) is 3.69. The van der Waals surface area contributed by atoms with E-state index in [4.69, 9.17) is 0 Å². The molecule has 0 aliphatic carbocycles. The van der Waals surface area contributed by atoms with E-state index in [1.807, 2.05) is 0 Å². The number of aryl methyl sites for hydroxylation is 1. The van der Waals surface area contributed by atoms with Crippen LogP contribution < -0.4 is 5.56 Å².